The molecule has 0 saturated heterocycles. The highest BCUT2D eigenvalue weighted by atomic mass is 79.9. The molecule has 0 aromatic carbocycles. The van der Waals surface area contributed by atoms with Gasteiger partial charge in [0.05, 0.1) is 13.1 Å². The molecule has 1 unspecified atom stereocenters. The van der Waals surface area contributed by atoms with Crippen molar-refractivity contribution in [2.45, 2.75) is 25.4 Å². The zero-order valence-corrected chi connectivity index (χ0v) is 10.4. The maximum absolute atomic E-state index is 12.3. The molecule has 2 rings (SSSR count). The van der Waals surface area contributed by atoms with Gasteiger partial charge in [-0.2, -0.15) is 18.3 Å². The maximum Gasteiger partial charge on any atom is 0.401 e. The average Bonchev–Trinajstić information content (AvgIpc) is 2.45. The summed E-state index contributed by atoms with van der Waals surface area (Å²) in [5, 5.41) is 13.8. The number of hydrogen-bond acceptors (Lipinski definition) is 3. The molecular weight excluding hydrogens is 303 g/mol. The Labute approximate surface area is 104 Å². The number of rotatable bonds is 1. The molecule has 1 atom stereocenters. The van der Waals surface area contributed by atoms with Crippen LogP contribution in [0.3, 0.4) is 0 Å². The van der Waals surface area contributed by atoms with E-state index in [1.54, 1.807) is 6.07 Å². The molecule has 0 aliphatic carbocycles. The summed E-state index contributed by atoms with van der Waals surface area (Å²) in [5.74, 6) is 0. The van der Waals surface area contributed by atoms with Crippen molar-refractivity contribution in [3.63, 3.8) is 0 Å². The Hall–Kier alpha value is -0.600. The quantitative estimate of drug-likeness (QED) is 0.852. The third-order valence-corrected chi connectivity index (χ3v) is 3.02. The predicted molar refractivity (Wildman–Crippen MR) is 57.3 cm³/mol. The van der Waals surface area contributed by atoms with E-state index in [0.29, 0.717) is 11.0 Å². The van der Waals surface area contributed by atoms with Gasteiger partial charge in [0.1, 0.15) is 10.8 Å². The second-order valence-corrected chi connectivity index (χ2v) is 4.77. The lowest BCUT2D eigenvalue weighted by Crippen LogP contribution is -2.43. The summed E-state index contributed by atoms with van der Waals surface area (Å²) < 4.78 is 39.0. The Morgan fingerprint density at radius 1 is 1.53 bits per heavy atom. The van der Waals surface area contributed by atoms with E-state index in [0.717, 1.165) is 10.6 Å². The van der Waals surface area contributed by atoms with E-state index >= 15 is 0 Å². The highest BCUT2D eigenvalue weighted by Gasteiger charge is 2.34. The molecular formula is C9H11BrF3N3O. The third kappa shape index (κ3) is 3.20. The molecule has 1 N–H and O–H groups in total. The van der Waals surface area contributed by atoms with Gasteiger partial charge in [-0.05, 0) is 22.0 Å². The average molecular weight is 314 g/mol. The van der Waals surface area contributed by atoms with Crippen LogP contribution in [-0.4, -0.2) is 45.3 Å². The number of alkyl halides is 3. The molecule has 2 heterocycles. The van der Waals surface area contributed by atoms with Crippen LogP contribution in [0.4, 0.5) is 13.2 Å². The van der Waals surface area contributed by atoms with Gasteiger partial charge in [-0.1, -0.05) is 0 Å². The lowest BCUT2D eigenvalue weighted by atomic mass is 10.3. The smallest absolute Gasteiger partial charge is 0.376 e. The molecule has 17 heavy (non-hydrogen) atoms. The summed E-state index contributed by atoms with van der Waals surface area (Å²) in [6.07, 6.45) is -5.02. The van der Waals surface area contributed by atoms with Gasteiger partial charge in [0.25, 0.3) is 0 Å². The van der Waals surface area contributed by atoms with Gasteiger partial charge in [0.2, 0.25) is 0 Å². The number of aromatic nitrogens is 2. The van der Waals surface area contributed by atoms with Gasteiger partial charge in [-0.25, -0.2) is 0 Å². The number of fused-ring (bicyclic) bond motifs is 1. The standard InChI is InChI=1S/C9H11BrF3N3O/c10-7-3-6-1-2-15(5-9(11,12)13)8(17)4-16(6)14-7/h3,8,17H,1-2,4-5H2. The van der Waals surface area contributed by atoms with Crippen molar-refractivity contribution in [1.29, 1.82) is 0 Å². The van der Waals surface area contributed by atoms with Crippen LogP contribution >= 0.6 is 15.9 Å². The van der Waals surface area contributed by atoms with Crippen molar-refractivity contribution in [3.05, 3.63) is 16.4 Å². The van der Waals surface area contributed by atoms with Crippen molar-refractivity contribution < 1.29 is 18.3 Å². The van der Waals surface area contributed by atoms with Crippen LogP contribution in [0.25, 0.3) is 0 Å². The van der Waals surface area contributed by atoms with Crippen LogP contribution in [0.5, 0.6) is 0 Å². The van der Waals surface area contributed by atoms with Crippen molar-refractivity contribution in [3.8, 4) is 0 Å². The summed E-state index contributed by atoms with van der Waals surface area (Å²) in [5.41, 5.74) is 0.820. The van der Waals surface area contributed by atoms with Gasteiger partial charge in [-0.3, -0.25) is 9.58 Å². The molecule has 0 fully saturated rings. The Morgan fingerprint density at radius 2 is 2.24 bits per heavy atom. The topological polar surface area (TPSA) is 41.3 Å². The van der Waals surface area contributed by atoms with Gasteiger partial charge in [0.15, 0.2) is 0 Å². The van der Waals surface area contributed by atoms with E-state index in [1.807, 2.05) is 0 Å². The van der Waals surface area contributed by atoms with Crippen LogP contribution in [0.2, 0.25) is 0 Å². The Morgan fingerprint density at radius 3 is 2.88 bits per heavy atom. The lowest BCUT2D eigenvalue weighted by molar-refractivity contribution is -0.166. The number of hydrogen-bond donors (Lipinski definition) is 1. The first-order chi connectivity index (χ1) is 7.85. The molecule has 0 saturated carbocycles. The number of aliphatic hydroxyl groups excluding tert-OH is 1. The summed E-state index contributed by atoms with van der Waals surface area (Å²) >= 11 is 3.19. The maximum atomic E-state index is 12.3. The first-order valence-corrected chi connectivity index (χ1v) is 5.85. The first kappa shape index (κ1) is 12.8. The van der Waals surface area contributed by atoms with Crippen LogP contribution in [-0.2, 0) is 13.0 Å². The summed E-state index contributed by atoms with van der Waals surface area (Å²) in [6.45, 7) is -0.879. The number of halogens is 4. The van der Waals surface area contributed by atoms with E-state index in [1.165, 1.54) is 4.68 Å². The van der Waals surface area contributed by atoms with Crippen LogP contribution in [0.1, 0.15) is 5.69 Å². The number of aliphatic hydroxyl groups is 1. The monoisotopic (exact) mass is 313 g/mol. The third-order valence-electron chi connectivity index (χ3n) is 2.63. The van der Waals surface area contributed by atoms with Gasteiger partial charge < -0.3 is 5.11 Å². The van der Waals surface area contributed by atoms with Crippen molar-refractivity contribution in [2.75, 3.05) is 13.1 Å². The largest absolute Gasteiger partial charge is 0.401 e. The lowest BCUT2D eigenvalue weighted by Gasteiger charge is -2.26. The van der Waals surface area contributed by atoms with E-state index in [4.69, 9.17) is 0 Å². The highest BCUT2D eigenvalue weighted by molar-refractivity contribution is 9.10. The molecule has 1 aromatic heterocycles. The van der Waals surface area contributed by atoms with Crippen LogP contribution in [0.15, 0.2) is 10.7 Å². The van der Waals surface area contributed by atoms with Crippen LogP contribution in [0, 0.1) is 0 Å². The second kappa shape index (κ2) is 4.58. The van der Waals surface area contributed by atoms with E-state index in [9.17, 15) is 18.3 Å². The summed E-state index contributed by atoms with van der Waals surface area (Å²) in [4.78, 5) is 1.02. The van der Waals surface area contributed by atoms with Gasteiger partial charge >= 0.3 is 6.18 Å². The van der Waals surface area contributed by atoms with Gasteiger partial charge in [0, 0.05) is 18.7 Å². The fourth-order valence-corrected chi connectivity index (χ4v) is 2.33. The minimum atomic E-state index is -4.30. The molecule has 8 heteroatoms. The fourth-order valence-electron chi connectivity index (χ4n) is 1.87. The van der Waals surface area contributed by atoms with E-state index in [2.05, 4.69) is 21.0 Å². The SMILES string of the molecule is OC1Cn2nc(Br)cc2CCN1CC(F)(F)F. The van der Waals surface area contributed by atoms with Crippen molar-refractivity contribution >= 4 is 15.9 Å². The van der Waals surface area contributed by atoms with Gasteiger partial charge in [-0.15, -0.1) is 0 Å². The Balaban J connectivity index is 2.10. The van der Waals surface area contributed by atoms with E-state index in [-0.39, 0.29) is 13.1 Å². The Bertz CT molecular complexity index is 407. The highest BCUT2D eigenvalue weighted by Crippen LogP contribution is 2.21. The second-order valence-electron chi connectivity index (χ2n) is 3.96. The minimum Gasteiger partial charge on any atom is -0.376 e. The predicted octanol–water partition coefficient (Wildman–Crippen LogP) is 1.38. The zero-order valence-electron chi connectivity index (χ0n) is 8.78. The normalized spacial score (nSPS) is 22.3. The summed E-state index contributed by atoms with van der Waals surface area (Å²) in [6, 6.07) is 1.75. The van der Waals surface area contributed by atoms with E-state index < -0.39 is 18.9 Å². The molecule has 1 aliphatic rings. The fraction of sp³-hybridized carbons (Fsp3) is 0.667. The molecule has 0 spiro atoms. The number of nitrogens with zero attached hydrogens (tertiary/aromatic N) is 3. The molecule has 1 aliphatic heterocycles. The molecule has 96 valence electrons. The minimum absolute atomic E-state index is 0.0526. The van der Waals surface area contributed by atoms with Crippen molar-refractivity contribution in [2.24, 2.45) is 0 Å². The molecule has 0 amide bonds. The Kier molecular flexibility index (Phi) is 3.46. The summed E-state index contributed by atoms with van der Waals surface area (Å²) in [7, 11) is 0. The first-order valence-electron chi connectivity index (χ1n) is 5.06. The molecule has 0 radical (unpaired) electrons. The van der Waals surface area contributed by atoms with Crippen LogP contribution < -0.4 is 0 Å². The van der Waals surface area contributed by atoms with Crippen molar-refractivity contribution in [1.82, 2.24) is 14.7 Å². The molecule has 0 bridgehead atoms. The molecule has 1 aromatic rings. The molecule has 4 nitrogen and oxygen atoms in total. The zero-order chi connectivity index (χ0) is 12.6.